The van der Waals surface area contributed by atoms with Crippen molar-refractivity contribution in [3.8, 4) is 0 Å². The zero-order valence-corrected chi connectivity index (χ0v) is 10.5. The van der Waals surface area contributed by atoms with Crippen LogP contribution in [0.5, 0.6) is 0 Å². The average Bonchev–Trinajstić information content (AvgIpc) is 2.76. The summed E-state index contributed by atoms with van der Waals surface area (Å²) in [5, 5.41) is 1.93. The number of nitrogens with zero attached hydrogens (tertiary/aromatic N) is 1. The number of anilines is 1. The van der Waals surface area contributed by atoms with Gasteiger partial charge in [-0.25, -0.2) is 0 Å². The molecule has 1 heterocycles. The maximum Gasteiger partial charge on any atom is 0.240 e. The molecule has 2 aliphatic rings. The minimum atomic E-state index is 0.0950. The summed E-state index contributed by atoms with van der Waals surface area (Å²) in [7, 11) is 0. The summed E-state index contributed by atoms with van der Waals surface area (Å²) in [6, 6.07) is 8.44. The van der Waals surface area contributed by atoms with Crippen LogP contribution in [0.15, 0.2) is 24.3 Å². The SMILES string of the molecule is NCC1(c2cccc(N3CCC(=O)N3)c2)CCC1. The van der Waals surface area contributed by atoms with Gasteiger partial charge in [-0.2, -0.15) is 0 Å². The Morgan fingerprint density at radius 3 is 2.78 bits per heavy atom. The van der Waals surface area contributed by atoms with Crippen LogP contribution in [0.4, 0.5) is 5.69 Å². The fraction of sp³-hybridized carbons (Fsp3) is 0.500. The van der Waals surface area contributed by atoms with Crippen LogP contribution >= 0.6 is 0 Å². The van der Waals surface area contributed by atoms with Crippen LogP contribution in [-0.4, -0.2) is 19.0 Å². The number of amides is 1. The third kappa shape index (κ3) is 1.77. The van der Waals surface area contributed by atoms with Crippen molar-refractivity contribution in [1.29, 1.82) is 0 Å². The van der Waals surface area contributed by atoms with E-state index >= 15 is 0 Å². The van der Waals surface area contributed by atoms with Gasteiger partial charge in [0.1, 0.15) is 0 Å². The van der Waals surface area contributed by atoms with E-state index in [9.17, 15) is 4.79 Å². The predicted octanol–water partition coefficient (Wildman–Crippen LogP) is 1.31. The molecule has 4 nitrogen and oxygen atoms in total. The van der Waals surface area contributed by atoms with Gasteiger partial charge in [0.15, 0.2) is 0 Å². The molecule has 0 unspecified atom stereocenters. The molecule has 1 saturated heterocycles. The topological polar surface area (TPSA) is 58.4 Å². The summed E-state index contributed by atoms with van der Waals surface area (Å²) >= 11 is 0. The number of carbonyl (C=O) groups excluding carboxylic acids is 1. The number of nitrogens with two attached hydrogens (primary N) is 1. The van der Waals surface area contributed by atoms with Gasteiger partial charge in [0.25, 0.3) is 0 Å². The summed E-state index contributed by atoms with van der Waals surface area (Å²) in [4.78, 5) is 11.3. The first-order chi connectivity index (χ1) is 8.73. The molecule has 1 saturated carbocycles. The second-order valence-corrected chi connectivity index (χ2v) is 5.32. The monoisotopic (exact) mass is 245 g/mol. The van der Waals surface area contributed by atoms with Gasteiger partial charge in [-0.1, -0.05) is 18.6 Å². The Hall–Kier alpha value is -1.55. The molecular weight excluding hydrogens is 226 g/mol. The second kappa shape index (κ2) is 4.28. The lowest BCUT2D eigenvalue weighted by Gasteiger charge is -2.42. The lowest BCUT2D eigenvalue weighted by atomic mass is 9.64. The van der Waals surface area contributed by atoms with Crippen molar-refractivity contribution in [2.45, 2.75) is 31.1 Å². The Balaban J connectivity index is 1.87. The van der Waals surface area contributed by atoms with E-state index in [1.807, 2.05) is 11.1 Å². The highest BCUT2D eigenvalue weighted by atomic mass is 16.2. The molecule has 0 atom stereocenters. The highest BCUT2D eigenvalue weighted by molar-refractivity contribution is 5.81. The Labute approximate surface area is 107 Å². The summed E-state index contributed by atoms with van der Waals surface area (Å²) in [5.41, 5.74) is 11.4. The second-order valence-electron chi connectivity index (χ2n) is 5.32. The van der Waals surface area contributed by atoms with Crippen molar-refractivity contribution in [3.63, 3.8) is 0 Å². The van der Waals surface area contributed by atoms with Gasteiger partial charge in [0.05, 0.1) is 5.69 Å². The Morgan fingerprint density at radius 2 is 2.22 bits per heavy atom. The van der Waals surface area contributed by atoms with Gasteiger partial charge in [-0.15, -0.1) is 0 Å². The highest BCUT2D eigenvalue weighted by Crippen LogP contribution is 2.43. The molecule has 1 aromatic rings. The number of hydrogen-bond donors (Lipinski definition) is 2. The fourth-order valence-corrected chi connectivity index (χ4v) is 2.89. The quantitative estimate of drug-likeness (QED) is 0.844. The third-order valence-electron chi connectivity index (χ3n) is 4.29. The van der Waals surface area contributed by atoms with Crippen LogP contribution in [0, 0.1) is 0 Å². The molecule has 3 rings (SSSR count). The third-order valence-corrected chi connectivity index (χ3v) is 4.29. The fourth-order valence-electron chi connectivity index (χ4n) is 2.89. The van der Waals surface area contributed by atoms with E-state index in [1.54, 1.807) is 0 Å². The molecule has 1 aromatic carbocycles. The normalized spacial score (nSPS) is 21.6. The van der Waals surface area contributed by atoms with Gasteiger partial charge in [-0.3, -0.25) is 15.2 Å². The van der Waals surface area contributed by atoms with Gasteiger partial charge >= 0.3 is 0 Å². The van der Waals surface area contributed by atoms with Crippen molar-refractivity contribution < 1.29 is 4.79 Å². The zero-order valence-electron chi connectivity index (χ0n) is 10.5. The number of hydrazine groups is 1. The molecule has 3 N–H and O–H groups in total. The van der Waals surface area contributed by atoms with Crippen molar-refractivity contribution in [3.05, 3.63) is 29.8 Å². The molecule has 1 aliphatic carbocycles. The molecule has 0 bridgehead atoms. The first-order valence-electron chi connectivity index (χ1n) is 6.61. The Morgan fingerprint density at radius 1 is 1.39 bits per heavy atom. The molecule has 0 radical (unpaired) electrons. The maximum atomic E-state index is 11.3. The number of hydrogen-bond acceptors (Lipinski definition) is 3. The number of rotatable bonds is 3. The van der Waals surface area contributed by atoms with Gasteiger partial charge in [-0.05, 0) is 30.5 Å². The van der Waals surface area contributed by atoms with E-state index in [1.165, 1.54) is 24.8 Å². The van der Waals surface area contributed by atoms with E-state index in [0.717, 1.165) is 12.2 Å². The summed E-state index contributed by atoms with van der Waals surface area (Å²) in [6.07, 6.45) is 4.20. The van der Waals surface area contributed by atoms with Gasteiger partial charge in [0.2, 0.25) is 5.91 Å². The molecular formula is C14H19N3O. The van der Waals surface area contributed by atoms with E-state index in [0.29, 0.717) is 13.0 Å². The number of carbonyl (C=O) groups is 1. The van der Waals surface area contributed by atoms with Crippen molar-refractivity contribution >= 4 is 11.6 Å². The van der Waals surface area contributed by atoms with Crippen LogP contribution in [-0.2, 0) is 10.2 Å². The van der Waals surface area contributed by atoms with Crippen molar-refractivity contribution in [1.82, 2.24) is 5.43 Å². The average molecular weight is 245 g/mol. The number of nitrogens with one attached hydrogen (secondary N) is 1. The van der Waals surface area contributed by atoms with E-state index < -0.39 is 0 Å². The van der Waals surface area contributed by atoms with E-state index in [2.05, 4.69) is 23.6 Å². The lowest BCUT2D eigenvalue weighted by molar-refractivity contribution is -0.119. The minimum Gasteiger partial charge on any atom is -0.330 e. The van der Waals surface area contributed by atoms with Gasteiger partial charge < -0.3 is 5.73 Å². The molecule has 4 heteroatoms. The molecule has 18 heavy (non-hydrogen) atoms. The van der Waals surface area contributed by atoms with Crippen LogP contribution in [0.25, 0.3) is 0 Å². The minimum absolute atomic E-state index is 0.0950. The number of benzene rings is 1. The molecule has 2 fully saturated rings. The standard InChI is InChI=1S/C14H19N3O/c15-10-14(6-2-7-14)11-3-1-4-12(9-11)17-8-5-13(18)16-17/h1,3-4,9H,2,5-8,10,15H2,(H,16,18). The first kappa shape index (κ1) is 11.5. The maximum absolute atomic E-state index is 11.3. The molecule has 1 aliphatic heterocycles. The molecule has 1 amide bonds. The van der Waals surface area contributed by atoms with Crippen LogP contribution < -0.4 is 16.2 Å². The smallest absolute Gasteiger partial charge is 0.240 e. The Bertz CT molecular complexity index is 462. The zero-order chi connectivity index (χ0) is 12.6. The van der Waals surface area contributed by atoms with Crippen molar-refractivity contribution in [2.24, 2.45) is 5.73 Å². The molecule has 0 spiro atoms. The Kier molecular flexibility index (Phi) is 2.74. The molecule has 96 valence electrons. The van der Waals surface area contributed by atoms with E-state index in [-0.39, 0.29) is 11.3 Å². The highest BCUT2D eigenvalue weighted by Gasteiger charge is 2.37. The first-order valence-corrected chi connectivity index (χ1v) is 6.61. The summed E-state index contributed by atoms with van der Waals surface area (Å²) in [6.45, 7) is 1.46. The van der Waals surface area contributed by atoms with Crippen LogP contribution in [0.1, 0.15) is 31.2 Å². The van der Waals surface area contributed by atoms with Crippen LogP contribution in [0.2, 0.25) is 0 Å². The predicted molar refractivity (Wildman–Crippen MR) is 71.1 cm³/mol. The van der Waals surface area contributed by atoms with E-state index in [4.69, 9.17) is 5.73 Å². The summed E-state index contributed by atoms with van der Waals surface area (Å²) in [5.74, 6) is 0.0950. The lowest BCUT2D eigenvalue weighted by Crippen LogP contribution is -2.41. The largest absolute Gasteiger partial charge is 0.330 e. The summed E-state index contributed by atoms with van der Waals surface area (Å²) < 4.78 is 0. The van der Waals surface area contributed by atoms with Crippen LogP contribution in [0.3, 0.4) is 0 Å². The van der Waals surface area contributed by atoms with Gasteiger partial charge in [0, 0.05) is 24.9 Å². The van der Waals surface area contributed by atoms with Crippen molar-refractivity contribution in [2.75, 3.05) is 18.1 Å². The molecule has 0 aromatic heterocycles.